The van der Waals surface area contributed by atoms with Crippen LogP contribution in [-0.2, 0) is 6.54 Å². The lowest BCUT2D eigenvalue weighted by Gasteiger charge is -2.15. The molecule has 3 nitrogen and oxygen atoms in total. The van der Waals surface area contributed by atoms with Crippen LogP contribution in [0, 0.1) is 3.95 Å². The highest BCUT2D eigenvalue weighted by atomic mass is 35.5. The van der Waals surface area contributed by atoms with E-state index < -0.39 is 0 Å². The first-order valence-corrected chi connectivity index (χ1v) is 6.27. The summed E-state index contributed by atoms with van der Waals surface area (Å²) in [6.07, 6.45) is 0. The molecule has 6 heteroatoms. The Balaban J connectivity index is 2.16. The van der Waals surface area contributed by atoms with Gasteiger partial charge in [0.2, 0.25) is 5.13 Å². The standard InChI is InChI=1S/C10H10ClN3S2/c1-14(9-12-13-10(15)16-9)6-7-4-2-3-5-8(7)11/h2-5H,6H2,1H3,(H,13,15). The van der Waals surface area contributed by atoms with Gasteiger partial charge >= 0.3 is 0 Å². The molecule has 0 unspecified atom stereocenters. The maximum Gasteiger partial charge on any atom is 0.206 e. The predicted octanol–water partition coefficient (Wildman–Crippen LogP) is 3.49. The van der Waals surface area contributed by atoms with Crippen LogP contribution in [0.4, 0.5) is 5.13 Å². The molecule has 0 spiro atoms. The van der Waals surface area contributed by atoms with Gasteiger partial charge in [-0.25, -0.2) is 0 Å². The van der Waals surface area contributed by atoms with Gasteiger partial charge in [-0.2, -0.15) is 0 Å². The first kappa shape index (κ1) is 11.6. The van der Waals surface area contributed by atoms with Crippen LogP contribution in [0.25, 0.3) is 0 Å². The summed E-state index contributed by atoms with van der Waals surface area (Å²) in [5.74, 6) is 0. The summed E-state index contributed by atoms with van der Waals surface area (Å²) in [6, 6.07) is 7.79. The summed E-state index contributed by atoms with van der Waals surface area (Å²) in [6.45, 7) is 0.718. The van der Waals surface area contributed by atoms with E-state index in [1.54, 1.807) is 0 Å². The Bertz CT molecular complexity index is 535. The molecule has 0 aliphatic heterocycles. The Labute approximate surface area is 108 Å². The average Bonchev–Trinajstić information content (AvgIpc) is 2.68. The minimum Gasteiger partial charge on any atom is -0.345 e. The third-order valence-electron chi connectivity index (χ3n) is 2.12. The van der Waals surface area contributed by atoms with Gasteiger partial charge < -0.3 is 4.90 Å². The number of hydrogen-bond donors (Lipinski definition) is 1. The van der Waals surface area contributed by atoms with Gasteiger partial charge in [0.05, 0.1) is 0 Å². The van der Waals surface area contributed by atoms with Crippen molar-refractivity contribution in [3.05, 3.63) is 38.8 Å². The lowest BCUT2D eigenvalue weighted by molar-refractivity contribution is 0.893. The van der Waals surface area contributed by atoms with Gasteiger partial charge in [-0.05, 0) is 23.8 Å². The van der Waals surface area contributed by atoms with Crippen molar-refractivity contribution < 1.29 is 0 Å². The van der Waals surface area contributed by atoms with Crippen molar-refractivity contribution in [1.82, 2.24) is 10.2 Å². The van der Waals surface area contributed by atoms with E-state index in [0.29, 0.717) is 3.95 Å². The first-order chi connectivity index (χ1) is 7.66. The zero-order valence-electron chi connectivity index (χ0n) is 8.61. The summed E-state index contributed by atoms with van der Waals surface area (Å²) in [5.41, 5.74) is 1.08. The Morgan fingerprint density at radius 3 is 2.88 bits per heavy atom. The van der Waals surface area contributed by atoms with E-state index in [-0.39, 0.29) is 0 Å². The summed E-state index contributed by atoms with van der Waals surface area (Å²) < 4.78 is 0.681. The second-order valence-corrected chi connectivity index (χ2v) is 5.39. The second-order valence-electron chi connectivity index (χ2n) is 3.34. The zero-order valence-corrected chi connectivity index (χ0v) is 11.0. The van der Waals surface area contributed by atoms with E-state index in [1.165, 1.54) is 11.3 Å². The van der Waals surface area contributed by atoms with Crippen LogP contribution in [0.3, 0.4) is 0 Å². The van der Waals surface area contributed by atoms with E-state index in [4.69, 9.17) is 23.8 Å². The molecule has 0 amide bonds. The molecular weight excluding hydrogens is 262 g/mol. The first-order valence-electron chi connectivity index (χ1n) is 4.67. The Hall–Kier alpha value is -0.910. The van der Waals surface area contributed by atoms with Crippen LogP contribution in [-0.4, -0.2) is 17.2 Å². The topological polar surface area (TPSA) is 31.9 Å². The van der Waals surface area contributed by atoms with Gasteiger partial charge in [0.25, 0.3) is 0 Å². The summed E-state index contributed by atoms with van der Waals surface area (Å²) in [5, 5.41) is 8.51. The largest absolute Gasteiger partial charge is 0.345 e. The highest BCUT2D eigenvalue weighted by Crippen LogP contribution is 2.21. The lowest BCUT2D eigenvalue weighted by Crippen LogP contribution is -2.16. The summed E-state index contributed by atoms with van der Waals surface area (Å²) >= 11 is 12.5. The van der Waals surface area contributed by atoms with E-state index in [2.05, 4.69) is 10.2 Å². The molecule has 1 aromatic carbocycles. The predicted molar refractivity (Wildman–Crippen MR) is 70.9 cm³/mol. The zero-order chi connectivity index (χ0) is 11.5. The minimum absolute atomic E-state index is 0.681. The fraction of sp³-hybridized carbons (Fsp3) is 0.200. The Morgan fingerprint density at radius 1 is 1.50 bits per heavy atom. The van der Waals surface area contributed by atoms with Crippen molar-refractivity contribution >= 4 is 40.3 Å². The summed E-state index contributed by atoms with van der Waals surface area (Å²) in [4.78, 5) is 2.01. The molecule has 16 heavy (non-hydrogen) atoms. The van der Waals surface area contributed by atoms with Crippen molar-refractivity contribution in [3.63, 3.8) is 0 Å². The van der Waals surface area contributed by atoms with Crippen molar-refractivity contribution in [2.75, 3.05) is 11.9 Å². The van der Waals surface area contributed by atoms with E-state index in [0.717, 1.165) is 22.3 Å². The molecule has 84 valence electrons. The van der Waals surface area contributed by atoms with Gasteiger partial charge in [0.1, 0.15) is 0 Å². The monoisotopic (exact) mass is 271 g/mol. The molecule has 0 bridgehead atoms. The second kappa shape index (κ2) is 4.95. The number of halogens is 1. The normalized spacial score (nSPS) is 10.4. The molecule has 2 aromatic rings. The van der Waals surface area contributed by atoms with Crippen molar-refractivity contribution in [3.8, 4) is 0 Å². The number of H-pyrrole nitrogens is 1. The molecule has 2 rings (SSSR count). The van der Waals surface area contributed by atoms with Crippen LogP contribution in [0.15, 0.2) is 24.3 Å². The highest BCUT2D eigenvalue weighted by molar-refractivity contribution is 7.73. The third kappa shape index (κ3) is 2.61. The number of anilines is 1. The average molecular weight is 272 g/mol. The molecule has 0 radical (unpaired) electrons. The molecule has 0 atom stereocenters. The number of aromatic nitrogens is 2. The lowest BCUT2D eigenvalue weighted by atomic mass is 10.2. The highest BCUT2D eigenvalue weighted by Gasteiger charge is 2.07. The third-order valence-corrected chi connectivity index (χ3v) is 3.69. The number of benzene rings is 1. The number of nitrogens with one attached hydrogen (secondary N) is 1. The molecule has 1 heterocycles. The molecule has 0 fully saturated rings. The van der Waals surface area contributed by atoms with Crippen LogP contribution >= 0.6 is 35.2 Å². The van der Waals surface area contributed by atoms with Gasteiger partial charge in [-0.1, -0.05) is 41.1 Å². The summed E-state index contributed by atoms with van der Waals surface area (Å²) in [7, 11) is 1.96. The van der Waals surface area contributed by atoms with Crippen LogP contribution in [0.1, 0.15) is 5.56 Å². The van der Waals surface area contributed by atoms with Crippen LogP contribution in [0.5, 0.6) is 0 Å². The van der Waals surface area contributed by atoms with Gasteiger partial charge in [-0.3, -0.25) is 5.10 Å². The molecule has 0 saturated carbocycles. The Kier molecular flexibility index (Phi) is 3.58. The molecule has 1 aromatic heterocycles. The molecule has 0 aliphatic rings. The van der Waals surface area contributed by atoms with E-state index >= 15 is 0 Å². The van der Waals surface area contributed by atoms with Crippen molar-refractivity contribution in [1.29, 1.82) is 0 Å². The SMILES string of the molecule is CN(Cc1ccccc1Cl)c1n[nH]c(=S)s1. The fourth-order valence-electron chi connectivity index (χ4n) is 1.34. The van der Waals surface area contributed by atoms with Gasteiger partial charge in [0.15, 0.2) is 3.95 Å². The number of aromatic amines is 1. The van der Waals surface area contributed by atoms with E-state index in [1.807, 2.05) is 36.2 Å². The van der Waals surface area contributed by atoms with Crippen molar-refractivity contribution in [2.45, 2.75) is 6.54 Å². The van der Waals surface area contributed by atoms with Crippen LogP contribution < -0.4 is 4.90 Å². The fourth-order valence-corrected chi connectivity index (χ4v) is 2.37. The molecule has 1 N–H and O–H groups in total. The number of nitrogens with zero attached hydrogens (tertiary/aromatic N) is 2. The van der Waals surface area contributed by atoms with Gasteiger partial charge in [-0.15, -0.1) is 5.10 Å². The van der Waals surface area contributed by atoms with E-state index in [9.17, 15) is 0 Å². The number of hydrogen-bond acceptors (Lipinski definition) is 4. The smallest absolute Gasteiger partial charge is 0.206 e. The molecular formula is C10H10ClN3S2. The Morgan fingerprint density at radius 2 is 2.25 bits per heavy atom. The quantitative estimate of drug-likeness (QED) is 0.868. The van der Waals surface area contributed by atoms with Gasteiger partial charge in [0, 0.05) is 18.6 Å². The molecule has 0 aliphatic carbocycles. The maximum atomic E-state index is 6.09. The van der Waals surface area contributed by atoms with Crippen LogP contribution in [0.2, 0.25) is 5.02 Å². The number of rotatable bonds is 3. The minimum atomic E-state index is 0.681. The maximum absolute atomic E-state index is 6.09. The molecule has 0 saturated heterocycles. The van der Waals surface area contributed by atoms with Crippen molar-refractivity contribution in [2.24, 2.45) is 0 Å².